The number of hydrogen-bond acceptors (Lipinski definition) is 4. The Morgan fingerprint density at radius 1 is 1.16 bits per heavy atom. The van der Waals surface area contributed by atoms with Gasteiger partial charge >= 0.3 is 0 Å². The molecule has 0 radical (unpaired) electrons. The van der Waals surface area contributed by atoms with Crippen molar-refractivity contribution in [2.75, 3.05) is 5.32 Å². The van der Waals surface area contributed by atoms with Crippen LogP contribution in [0.25, 0.3) is 11.1 Å². The maximum Gasteiger partial charge on any atom is 0.256 e. The highest BCUT2D eigenvalue weighted by molar-refractivity contribution is 6.04. The maximum absolute atomic E-state index is 12.4. The summed E-state index contributed by atoms with van der Waals surface area (Å²) >= 11 is 0. The first-order chi connectivity index (χ1) is 11.7. The summed E-state index contributed by atoms with van der Waals surface area (Å²) in [6, 6.07) is 16.2. The average molecular weight is 351 g/mol. The van der Waals surface area contributed by atoms with E-state index in [0.717, 1.165) is 16.8 Å². The molecule has 1 amide bonds. The molecule has 0 fully saturated rings. The quantitative estimate of drug-likeness (QED) is 0.774. The predicted molar refractivity (Wildman–Crippen MR) is 98.6 cm³/mol. The number of aryl methyl sites for hydroxylation is 1. The van der Waals surface area contributed by atoms with Crippen LogP contribution in [0.4, 0.5) is 5.82 Å². The van der Waals surface area contributed by atoms with Gasteiger partial charge < -0.3 is 5.32 Å². The fourth-order valence-electron chi connectivity index (χ4n) is 2.35. The number of halogens is 1. The molecule has 124 valence electrons. The third-order valence-corrected chi connectivity index (χ3v) is 3.50. The Bertz CT molecular complexity index is 936. The molecular formula is C19H15ClN4O. The van der Waals surface area contributed by atoms with E-state index in [1.54, 1.807) is 42.7 Å². The van der Waals surface area contributed by atoms with E-state index >= 15 is 0 Å². The second kappa shape index (κ2) is 8.04. The zero-order valence-corrected chi connectivity index (χ0v) is 14.2. The van der Waals surface area contributed by atoms with E-state index in [4.69, 9.17) is 0 Å². The van der Waals surface area contributed by atoms with E-state index in [9.17, 15) is 10.1 Å². The molecule has 6 heteroatoms. The topological polar surface area (TPSA) is 78.7 Å². The fraction of sp³-hybridized carbons (Fsp3) is 0.0526. The summed E-state index contributed by atoms with van der Waals surface area (Å²) < 4.78 is 0. The molecular weight excluding hydrogens is 336 g/mol. The van der Waals surface area contributed by atoms with E-state index in [-0.39, 0.29) is 18.3 Å². The maximum atomic E-state index is 12.4. The van der Waals surface area contributed by atoms with Gasteiger partial charge in [-0.2, -0.15) is 5.26 Å². The molecule has 0 aliphatic carbocycles. The molecule has 3 aromatic rings. The Balaban J connectivity index is 0.00000225. The average Bonchev–Trinajstić information content (AvgIpc) is 2.62. The van der Waals surface area contributed by atoms with E-state index in [1.165, 1.54) is 0 Å². The zero-order valence-electron chi connectivity index (χ0n) is 13.4. The van der Waals surface area contributed by atoms with Crippen molar-refractivity contribution in [3.63, 3.8) is 0 Å². The molecule has 5 nitrogen and oxygen atoms in total. The van der Waals surface area contributed by atoms with Crippen LogP contribution in [0.2, 0.25) is 0 Å². The lowest BCUT2D eigenvalue weighted by molar-refractivity contribution is 0.102. The van der Waals surface area contributed by atoms with Crippen LogP contribution in [0.3, 0.4) is 0 Å². The number of carbonyl (C=O) groups is 1. The first-order valence-corrected chi connectivity index (χ1v) is 7.37. The van der Waals surface area contributed by atoms with Gasteiger partial charge in [0.15, 0.2) is 0 Å². The number of nitrogens with zero attached hydrogens (tertiary/aromatic N) is 3. The molecule has 2 aromatic heterocycles. The molecule has 2 heterocycles. The Labute approximate surface area is 151 Å². The predicted octanol–water partition coefficient (Wildman–Crippen LogP) is 4.00. The number of aromatic nitrogens is 2. The number of hydrogen-bond donors (Lipinski definition) is 1. The van der Waals surface area contributed by atoms with Crippen LogP contribution in [0, 0.1) is 18.3 Å². The highest BCUT2D eigenvalue weighted by Crippen LogP contribution is 2.24. The zero-order chi connectivity index (χ0) is 16.9. The standard InChI is InChI=1S/C19H14N4O.ClH/c1-13-4-2-6-18(22-13)23-19(24)14-7-8-17(16(10-14)11-20)15-5-3-9-21-12-15;/h2-10,12H,1H3,(H,22,23,24);1H. The number of benzene rings is 1. The summed E-state index contributed by atoms with van der Waals surface area (Å²) in [4.78, 5) is 20.7. The second-order valence-electron chi connectivity index (χ2n) is 5.23. The molecule has 0 saturated heterocycles. The Morgan fingerprint density at radius 3 is 2.68 bits per heavy atom. The monoisotopic (exact) mass is 350 g/mol. The summed E-state index contributed by atoms with van der Waals surface area (Å²) in [5, 5.41) is 12.1. The van der Waals surface area contributed by atoms with Crippen LogP contribution in [0.15, 0.2) is 60.9 Å². The molecule has 0 atom stereocenters. The van der Waals surface area contributed by atoms with Gasteiger partial charge in [-0.3, -0.25) is 9.78 Å². The van der Waals surface area contributed by atoms with Gasteiger partial charge in [0.05, 0.1) is 11.6 Å². The van der Waals surface area contributed by atoms with Crippen LogP contribution in [-0.4, -0.2) is 15.9 Å². The number of pyridine rings is 2. The van der Waals surface area contributed by atoms with Crippen molar-refractivity contribution in [2.24, 2.45) is 0 Å². The number of amides is 1. The van der Waals surface area contributed by atoms with E-state index in [2.05, 4.69) is 21.4 Å². The highest BCUT2D eigenvalue weighted by atomic mass is 35.5. The van der Waals surface area contributed by atoms with Gasteiger partial charge in [0.1, 0.15) is 5.82 Å². The van der Waals surface area contributed by atoms with Crippen molar-refractivity contribution in [1.29, 1.82) is 5.26 Å². The van der Waals surface area contributed by atoms with Crippen LogP contribution in [0.5, 0.6) is 0 Å². The lowest BCUT2D eigenvalue weighted by atomic mass is 9.99. The van der Waals surface area contributed by atoms with E-state index < -0.39 is 0 Å². The third kappa shape index (κ3) is 4.19. The molecule has 0 unspecified atom stereocenters. The minimum absolute atomic E-state index is 0. The molecule has 0 spiro atoms. The van der Waals surface area contributed by atoms with Crippen LogP contribution >= 0.6 is 12.4 Å². The van der Waals surface area contributed by atoms with Crippen LogP contribution in [-0.2, 0) is 0 Å². The Kier molecular flexibility index (Phi) is 5.83. The smallest absolute Gasteiger partial charge is 0.256 e. The fourth-order valence-corrected chi connectivity index (χ4v) is 2.35. The molecule has 25 heavy (non-hydrogen) atoms. The molecule has 1 aromatic carbocycles. The number of rotatable bonds is 3. The van der Waals surface area contributed by atoms with E-state index in [0.29, 0.717) is 16.9 Å². The molecule has 0 aliphatic rings. The minimum Gasteiger partial charge on any atom is -0.307 e. The van der Waals surface area contributed by atoms with Gasteiger partial charge in [-0.05, 0) is 37.3 Å². The van der Waals surface area contributed by atoms with Gasteiger partial charge in [0, 0.05) is 34.8 Å². The van der Waals surface area contributed by atoms with Gasteiger partial charge in [-0.15, -0.1) is 12.4 Å². The van der Waals surface area contributed by atoms with Crippen molar-refractivity contribution < 1.29 is 4.79 Å². The number of nitriles is 1. The molecule has 0 bridgehead atoms. The Hall–Kier alpha value is -3.23. The summed E-state index contributed by atoms with van der Waals surface area (Å²) in [5.74, 6) is 0.178. The van der Waals surface area contributed by atoms with E-state index in [1.807, 2.05) is 25.1 Å². The van der Waals surface area contributed by atoms with Crippen molar-refractivity contribution in [1.82, 2.24) is 9.97 Å². The number of nitrogens with one attached hydrogen (secondary N) is 1. The second-order valence-corrected chi connectivity index (χ2v) is 5.23. The van der Waals surface area contributed by atoms with Crippen molar-refractivity contribution in [3.8, 4) is 17.2 Å². The van der Waals surface area contributed by atoms with Gasteiger partial charge in [-0.25, -0.2) is 4.98 Å². The lowest BCUT2D eigenvalue weighted by Crippen LogP contribution is -2.13. The van der Waals surface area contributed by atoms with Gasteiger partial charge in [0.2, 0.25) is 0 Å². The highest BCUT2D eigenvalue weighted by Gasteiger charge is 2.12. The van der Waals surface area contributed by atoms with Gasteiger partial charge in [-0.1, -0.05) is 18.2 Å². The molecule has 1 N–H and O–H groups in total. The minimum atomic E-state index is -0.303. The first kappa shape index (κ1) is 18.1. The molecule has 0 saturated carbocycles. The number of carbonyl (C=O) groups excluding carboxylic acids is 1. The molecule has 3 rings (SSSR count). The molecule has 0 aliphatic heterocycles. The number of anilines is 1. The van der Waals surface area contributed by atoms with Gasteiger partial charge in [0.25, 0.3) is 5.91 Å². The largest absolute Gasteiger partial charge is 0.307 e. The van der Waals surface area contributed by atoms with Crippen molar-refractivity contribution in [3.05, 3.63) is 77.7 Å². The first-order valence-electron chi connectivity index (χ1n) is 7.37. The van der Waals surface area contributed by atoms with Crippen molar-refractivity contribution >= 4 is 24.1 Å². The summed E-state index contributed by atoms with van der Waals surface area (Å²) in [5.41, 5.74) is 3.23. The summed E-state index contributed by atoms with van der Waals surface area (Å²) in [6.07, 6.45) is 3.36. The third-order valence-electron chi connectivity index (χ3n) is 3.50. The summed E-state index contributed by atoms with van der Waals surface area (Å²) in [6.45, 7) is 1.85. The lowest BCUT2D eigenvalue weighted by Gasteiger charge is -2.08. The SMILES string of the molecule is Cc1cccc(NC(=O)c2ccc(-c3cccnc3)c(C#N)c2)n1.Cl. The Morgan fingerprint density at radius 2 is 2.00 bits per heavy atom. The normalized spacial score (nSPS) is 9.60. The van der Waals surface area contributed by atoms with Crippen molar-refractivity contribution in [2.45, 2.75) is 6.92 Å². The van der Waals surface area contributed by atoms with Crippen LogP contribution < -0.4 is 5.32 Å². The summed E-state index contributed by atoms with van der Waals surface area (Å²) in [7, 11) is 0. The van der Waals surface area contributed by atoms with Crippen LogP contribution in [0.1, 0.15) is 21.6 Å².